The van der Waals surface area contributed by atoms with E-state index >= 15 is 0 Å². The lowest BCUT2D eigenvalue weighted by Gasteiger charge is -2.16. The highest BCUT2D eigenvalue weighted by molar-refractivity contribution is 5.94. The van der Waals surface area contributed by atoms with Crippen LogP contribution < -0.4 is 0 Å². The van der Waals surface area contributed by atoms with Crippen LogP contribution in [0.5, 0.6) is 0 Å². The molecule has 1 aliphatic heterocycles. The van der Waals surface area contributed by atoms with E-state index in [0.717, 1.165) is 24.1 Å². The molecule has 1 aliphatic rings. The minimum Gasteiger partial charge on any atom is -0.448 e. The van der Waals surface area contributed by atoms with Crippen LogP contribution in [0.3, 0.4) is 0 Å². The van der Waals surface area contributed by atoms with Crippen LogP contribution in [0.25, 0.3) is 10.9 Å². The molecule has 82 valence electrons. The Kier molecular flexibility index (Phi) is 1.99. The first-order chi connectivity index (χ1) is 7.83. The minimum atomic E-state index is -0.239. The van der Waals surface area contributed by atoms with Gasteiger partial charge >= 0.3 is 6.09 Å². The summed E-state index contributed by atoms with van der Waals surface area (Å²) in [4.78, 5) is 11.8. The van der Waals surface area contributed by atoms with Crippen molar-refractivity contribution in [3.05, 3.63) is 35.5 Å². The van der Waals surface area contributed by atoms with Crippen molar-refractivity contribution in [2.24, 2.45) is 0 Å². The number of nitrogens with zero attached hydrogens (tertiary/aromatic N) is 1. The summed E-state index contributed by atoms with van der Waals surface area (Å²) in [7, 11) is 0. The van der Waals surface area contributed by atoms with Gasteiger partial charge in [0.2, 0.25) is 0 Å². The Morgan fingerprint density at radius 3 is 3.00 bits per heavy atom. The molecule has 1 aromatic carbocycles. The van der Waals surface area contributed by atoms with E-state index in [4.69, 9.17) is 4.74 Å². The third kappa shape index (κ3) is 1.11. The van der Waals surface area contributed by atoms with E-state index in [0.29, 0.717) is 6.61 Å². The van der Waals surface area contributed by atoms with Crippen LogP contribution in [0.2, 0.25) is 0 Å². The zero-order valence-electron chi connectivity index (χ0n) is 9.19. The third-order valence-corrected chi connectivity index (χ3v) is 3.19. The molecule has 0 saturated heterocycles. The van der Waals surface area contributed by atoms with E-state index in [1.807, 2.05) is 18.2 Å². The van der Waals surface area contributed by atoms with Crippen LogP contribution in [0.15, 0.2) is 24.3 Å². The Morgan fingerprint density at radius 1 is 1.38 bits per heavy atom. The zero-order chi connectivity index (χ0) is 11.1. The number of carbonyl (C=O) groups is 1. The maximum absolute atomic E-state index is 11.8. The average molecular weight is 215 g/mol. The summed E-state index contributed by atoms with van der Waals surface area (Å²) in [6.45, 7) is 2.63. The molecular weight excluding hydrogens is 202 g/mol. The number of aromatic nitrogens is 1. The van der Waals surface area contributed by atoms with Gasteiger partial charge in [-0.25, -0.2) is 9.36 Å². The molecular formula is C13H13NO2. The SMILES string of the molecule is CCc1c2n(c3ccccc13)C(=O)OCC2. The normalized spacial score (nSPS) is 14.9. The molecule has 0 amide bonds. The first-order valence-electron chi connectivity index (χ1n) is 5.61. The number of ether oxygens (including phenoxy) is 1. The molecule has 0 saturated carbocycles. The summed E-state index contributed by atoms with van der Waals surface area (Å²) >= 11 is 0. The van der Waals surface area contributed by atoms with Gasteiger partial charge in [-0.05, 0) is 18.1 Å². The zero-order valence-corrected chi connectivity index (χ0v) is 9.19. The molecule has 0 spiro atoms. The Hall–Kier alpha value is -1.77. The largest absolute Gasteiger partial charge is 0.448 e. The van der Waals surface area contributed by atoms with Crippen molar-refractivity contribution >= 4 is 17.0 Å². The van der Waals surface area contributed by atoms with Crippen molar-refractivity contribution in [2.45, 2.75) is 19.8 Å². The van der Waals surface area contributed by atoms with Crippen molar-refractivity contribution < 1.29 is 9.53 Å². The fourth-order valence-electron chi connectivity index (χ4n) is 2.52. The quantitative estimate of drug-likeness (QED) is 0.732. The van der Waals surface area contributed by atoms with Gasteiger partial charge in [0.1, 0.15) is 0 Å². The lowest BCUT2D eigenvalue weighted by molar-refractivity contribution is 0.139. The van der Waals surface area contributed by atoms with Crippen LogP contribution in [-0.4, -0.2) is 17.3 Å². The second-order valence-electron chi connectivity index (χ2n) is 4.00. The smallest absolute Gasteiger partial charge is 0.418 e. The lowest BCUT2D eigenvalue weighted by atomic mass is 10.1. The second kappa shape index (κ2) is 3.37. The van der Waals surface area contributed by atoms with Gasteiger partial charge in [0.25, 0.3) is 0 Å². The van der Waals surface area contributed by atoms with E-state index in [-0.39, 0.29) is 6.09 Å². The van der Waals surface area contributed by atoms with Crippen LogP contribution in [0.4, 0.5) is 4.79 Å². The van der Waals surface area contributed by atoms with Gasteiger partial charge in [-0.1, -0.05) is 25.1 Å². The summed E-state index contributed by atoms with van der Waals surface area (Å²) in [5, 5.41) is 1.18. The molecule has 2 aromatic rings. The molecule has 16 heavy (non-hydrogen) atoms. The molecule has 0 aliphatic carbocycles. The number of rotatable bonds is 1. The second-order valence-corrected chi connectivity index (χ2v) is 4.00. The van der Waals surface area contributed by atoms with Crippen molar-refractivity contribution in [3.8, 4) is 0 Å². The molecule has 0 radical (unpaired) electrons. The summed E-state index contributed by atoms with van der Waals surface area (Å²) in [6.07, 6.45) is 1.54. The van der Waals surface area contributed by atoms with E-state index in [1.165, 1.54) is 10.9 Å². The molecule has 0 atom stereocenters. The van der Waals surface area contributed by atoms with Crippen molar-refractivity contribution in [1.29, 1.82) is 0 Å². The number of carbonyl (C=O) groups excluding carboxylic acids is 1. The maximum Gasteiger partial charge on any atom is 0.418 e. The summed E-state index contributed by atoms with van der Waals surface area (Å²) in [5.41, 5.74) is 3.38. The first-order valence-corrected chi connectivity index (χ1v) is 5.61. The summed E-state index contributed by atoms with van der Waals surface area (Å²) in [6, 6.07) is 8.02. The Bertz CT molecular complexity index is 569. The molecule has 0 N–H and O–H groups in total. The van der Waals surface area contributed by atoms with Crippen LogP contribution in [0, 0.1) is 0 Å². The van der Waals surface area contributed by atoms with Gasteiger partial charge in [0, 0.05) is 17.5 Å². The van der Waals surface area contributed by atoms with Gasteiger partial charge in [0.15, 0.2) is 0 Å². The maximum atomic E-state index is 11.8. The van der Waals surface area contributed by atoms with Gasteiger partial charge < -0.3 is 4.74 Å². The highest BCUT2D eigenvalue weighted by Gasteiger charge is 2.24. The molecule has 2 heterocycles. The average Bonchev–Trinajstić information content (AvgIpc) is 2.64. The standard InChI is InChI=1S/C13H13NO2/c1-2-9-10-5-3-4-6-11(10)14-12(9)7-8-16-13(14)15/h3-6H,2,7-8H2,1H3. The number of hydrogen-bond donors (Lipinski definition) is 0. The van der Waals surface area contributed by atoms with Gasteiger partial charge in [-0.2, -0.15) is 0 Å². The Balaban J connectivity index is 2.43. The summed E-state index contributed by atoms with van der Waals surface area (Å²) < 4.78 is 6.81. The fraction of sp³-hybridized carbons (Fsp3) is 0.308. The minimum absolute atomic E-state index is 0.239. The van der Waals surface area contributed by atoms with Crippen LogP contribution in [-0.2, 0) is 17.6 Å². The van der Waals surface area contributed by atoms with Gasteiger partial charge in [-0.15, -0.1) is 0 Å². The number of benzene rings is 1. The number of fused-ring (bicyclic) bond motifs is 3. The van der Waals surface area contributed by atoms with Crippen LogP contribution >= 0.6 is 0 Å². The predicted molar refractivity (Wildman–Crippen MR) is 61.8 cm³/mol. The third-order valence-electron chi connectivity index (χ3n) is 3.19. The van der Waals surface area contributed by atoms with E-state index in [1.54, 1.807) is 4.57 Å². The number of cyclic esters (lactones) is 1. The molecule has 3 heteroatoms. The van der Waals surface area contributed by atoms with E-state index in [9.17, 15) is 4.79 Å². The Labute approximate surface area is 93.6 Å². The fourth-order valence-corrected chi connectivity index (χ4v) is 2.52. The van der Waals surface area contributed by atoms with E-state index in [2.05, 4.69) is 13.0 Å². The molecule has 0 unspecified atom stereocenters. The van der Waals surface area contributed by atoms with E-state index < -0.39 is 0 Å². The lowest BCUT2D eigenvalue weighted by Crippen LogP contribution is -2.24. The van der Waals surface area contributed by atoms with Crippen molar-refractivity contribution in [2.75, 3.05) is 6.61 Å². The van der Waals surface area contributed by atoms with Crippen molar-refractivity contribution in [1.82, 2.24) is 4.57 Å². The monoisotopic (exact) mass is 215 g/mol. The molecule has 3 nitrogen and oxygen atoms in total. The van der Waals surface area contributed by atoms with Crippen molar-refractivity contribution in [3.63, 3.8) is 0 Å². The highest BCUT2D eigenvalue weighted by atomic mass is 16.6. The molecule has 0 fully saturated rings. The molecule has 3 rings (SSSR count). The predicted octanol–water partition coefficient (Wildman–Crippen LogP) is 2.74. The number of para-hydroxylation sites is 1. The number of aryl methyl sites for hydroxylation is 1. The topological polar surface area (TPSA) is 31.2 Å². The van der Waals surface area contributed by atoms with Crippen LogP contribution in [0.1, 0.15) is 18.2 Å². The molecule has 0 bridgehead atoms. The first kappa shape index (κ1) is 9.46. The van der Waals surface area contributed by atoms with Gasteiger partial charge in [0.05, 0.1) is 12.1 Å². The molecule has 1 aromatic heterocycles. The number of hydrogen-bond acceptors (Lipinski definition) is 2. The summed E-state index contributed by atoms with van der Waals surface area (Å²) in [5.74, 6) is 0. The van der Waals surface area contributed by atoms with Gasteiger partial charge in [-0.3, -0.25) is 0 Å². The Morgan fingerprint density at radius 2 is 2.19 bits per heavy atom. The highest BCUT2D eigenvalue weighted by Crippen LogP contribution is 2.29.